The van der Waals surface area contributed by atoms with Crippen molar-refractivity contribution in [1.29, 1.82) is 0 Å². The monoisotopic (exact) mass is 319 g/mol. The van der Waals surface area contributed by atoms with Gasteiger partial charge in [0.25, 0.3) is 0 Å². The van der Waals surface area contributed by atoms with E-state index in [1.165, 1.54) is 19.4 Å². The van der Waals surface area contributed by atoms with E-state index in [1.807, 2.05) is 47.8 Å². The molecule has 2 rings (SSSR count). The van der Waals surface area contributed by atoms with E-state index in [2.05, 4.69) is 25.7 Å². The second kappa shape index (κ2) is 10.8. The van der Waals surface area contributed by atoms with Crippen LogP contribution < -0.4 is 0 Å². The van der Waals surface area contributed by atoms with Crippen molar-refractivity contribution in [2.45, 2.75) is 86.9 Å². The second-order valence-electron chi connectivity index (χ2n) is 6.24. The molecule has 2 aliphatic rings. The molecule has 0 aromatic carbocycles. The first-order valence-corrected chi connectivity index (χ1v) is 10.6. The van der Waals surface area contributed by atoms with Crippen LogP contribution >= 0.6 is 0 Å². The highest BCUT2D eigenvalue weighted by molar-refractivity contribution is 7.84. The quantitative estimate of drug-likeness (QED) is 0.688. The fourth-order valence-electron chi connectivity index (χ4n) is 3.97. The molecule has 2 nitrogen and oxygen atoms in total. The van der Waals surface area contributed by atoms with E-state index in [0.29, 0.717) is 16.2 Å². The normalized spacial score (nSPS) is 26.1. The average Bonchev–Trinajstić information content (AvgIpc) is 2.83. The molecule has 0 aromatic rings. The van der Waals surface area contributed by atoms with E-state index in [9.17, 15) is 4.21 Å². The lowest BCUT2D eigenvalue weighted by Crippen LogP contribution is -2.44. The number of rotatable bonds is 2. The van der Waals surface area contributed by atoms with Crippen LogP contribution in [0.15, 0.2) is 0 Å². The maximum absolute atomic E-state index is 11.7. The van der Waals surface area contributed by atoms with Gasteiger partial charge >= 0.3 is 0 Å². The molecule has 0 radical (unpaired) electrons. The maximum atomic E-state index is 11.7. The van der Waals surface area contributed by atoms with E-state index in [-0.39, 0.29) is 0 Å². The summed E-state index contributed by atoms with van der Waals surface area (Å²) >= 11 is 0. The van der Waals surface area contributed by atoms with Crippen molar-refractivity contribution < 1.29 is 4.21 Å². The summed E-state index contributed by atoms with van der Waals surface area (Å²) in [6.07, 6.45) is 5.66. The molecule has 2 unspecified atom stereocenters. The topological polar surface area (TPSA) is 20.3 Å². The Kier molecular flexibility index (Phi) is 12.0. The highest BCUT2D eigenvalue weighted by Gasteiger charge is 2.55. The molecule has 2 atom stereocenters. The van der Waals surface area contributed by atoms with Gasteiger partial charge < -0.3 is 0 Å². The Morgan fingerprint density at radius 1 is 1.05 bits per heavy atom. The zero-order valence-corrected chi connectivity index (χ0v) is 17.2. The van der Waals surface area contributed by atoms with Crippen LogP contribution in [0.5, 0.6) is 0 Å². The van der Waals surface area contributed by atoms with Crippen LogP contribution in [0.3, 0.4) is 0 Å². The third kappa shape index (κ3) is 6.40. The fraction of sp³-hybridized carbons (Fsp3) is 1.00. The van der Waals surface area contributed by atoms with Crippen LogP contribution in [0, 0.1) is 10.8 Å². The Labute approximate surface area is 137 Å². The lowest BCUT2D eigenvalue weighted by Gasteiger charge is -2.51. The van der Waals surface area contributed by atoms with Crippen LogP contribution in [0.2, 0.25) is 0 Å². The molecule has 1 heterocycles. The summed E-state index contributed by atoms with van der Waals surface area (Å²) in [6.45, 7) is 21.1. The number of nitrogens with zero attached hydrogens (tertiary/aromatic N) is 1. The highest BCUT2D eigenvalue weighted by atomic mass is 32.2. The molecule has 0 bridgehead atoms. The minimum atomic E-state index is -0.684. The van der Waals surface area contributed by atoms with Gasteiger partial charge in [-0.3, -0.25) is 9.11 Å². The van der Waals surface area contributed by atoms with Gasteiger partial charge in [-0.15, -0.1) is 0 Å². The van der Waals surface area contributed by atoms with Crippen molar-refractivity contribution in [2.24, 2.45) is 10.8 Å². The molecule has 21 heavy (non-hydrogen) atoms. The van der Waals surface area contributed by atoms with Gasteiger partial charge in [0, 0.05) is 23.6 Å². The largest absolute Gasteiger partial charge is 0.289 e. The van der Waals surface area contributed by atoms with E-state index in [4.69, 9.17) is 0 Å². The summed E-state index contributed by atoms with van der Waals surface area (Å²) < 4.78 is 11.7. The van der Waals surface area contributed by atoms with Crippen LogP contribution in [-0.2, 0) is 10.8 Å². The van der Waals surface area contributed by atoms with Crippen molar-refractivity contribution in [3.63, 3.8) is 0 Å². The van der Waals surface area contributed by atoms with Crippen molar-refractivity contribution >= 4 is 10.8 Å². The maximum Gasteiger partial charge on any atom is 0.0863 e. The van der Waals surface area contributed by atoms with E-state index in [0.717, 1.165) is 13.0 Å². The molecular formula is C18H41NOS. The molecule has 2 fully saturated rings. The lowest BCUT2D eigenvalue weighted by atomic mass is 9.54. The summed E-state index contributed by atoms with van der Waals surface area (Å²) in [5, 5.41) is 0.325. The van der Waals surface area contributed by atoms with Gasteiger partial charge in [-0.1, -0.05) is 62.3 Å². The molecule has 0 N–H and O–H groups in total. The summed E-state index contributed by atoms with van der Waals surface area (Å²) in [6, 6.07) is 0. The molecular weight excluding hydrogens is 278 g/mol. The Hall–Kier alpha value is 0.110. The summed E-state index contributed by atoms with van der Waals surface area (Å²) in [5.41, 5.74) is 1.04. The van der Waals surface area contributed by atoms with Crippen LogP contribution in [0.1, 0.15) is 81.6 Å². The molecule has 0 amide bonds. The molecule has 130 valence electrons. The minimum Gasteiger partial charge on any atom is -0.289 e. The predicted molar refractivity (Wildman–Crippen MR) is 99.2 cm³/mol. The summed E-state index contributed by atoms with van der Waals surface area (Å²) in [4.78, 5) is 2.42. The van der Waals surface area contributed by atoms with Gasteiger partial charge in [-0.25, -0.2) is 0 Å². The lowest BCUT2D eigenvalue weighted by molar-refractivity contribution is -0.00376. The van der Waals surface area contributed by atoms with Gasteiger partial charge in [-0.2, -0.15) is 0 Å². The summed E-state index contributed by atoms with van der Waals surface area (Å²) in [5.74, 6) is 0. The van der Waals surface area contributed by atoms with E-state index >= 15 is 0 Å². The predicted octanol–water partition coefficient (Wildman–Crippen LogP) is 5.30. The number of hydrogen-bond donors (Lipinski definition) is 0. The fourth-order valence-corrected chi connectivity index (χ4v) is 5.21. The molecule has 1 aliphatic heterocycles. The third-order valence-corrected chi connectivity index (χ3v) is 5.28. The van der Waals surface area contributed by atoms with E-state index in [1.54, 1.807) is 0 Å². The molecule has 0 aromatic heterocycles. The van der Waals surface area contributed by atoms with Gasteiger partial charge in [0.1, 0.15) is 0 Å². The minimum absolute atomic E-state index is 0.325. The number of hydrogen-bond acceptors (Lipinski definition) is 2. The molecule has 1 spiro atoms. The van der Waals surface area contributed by atoms with Crippen LogP contribution in [-0.4, -0.2) is 33.8 Å². The standard InChI is InChI=1S/C12H23NOS.3C2H6/c1-5-13-9-12(6-10(13)15(4)14)7-11(2,3)8-12;3*1-2/h10H,5-9H2,1-4H3;3*1-2H3. The first-order valence-electron chi connectivity index (χ1n) is 8.94. The van der Waals surface area contributed by atoms with Gasteiger partial charge in [-0.05, 0) is 36.6 Å². The zero-order valence-electron chi connectivity index (χ0n) is 16.4. The van der Waals surface area contributed by atoms with Crippen molar-refractivity contribution in [3.05, 3.63) is 0 Å². The molecule has 1 aliphatic carbocycles. The number of likely N-dealkylation sites (tertiary alicyclic amines) is 1. The Morgan fingerprint density at radius 2 is 1.48 bits per heavy atom. The summed E-state index contributed by atoms with van der Waals surface area (Å²) in [7, 11) is -0.684. The first-order chi connectivity index (χ1) is 9.87. The molecule has 3 heteroatoms. The van der Waals surface area contributed by atoms with Gasteiger partial charge in [0.2, 0.25) is 0 Å². The zero-order chi connectivity index (χ0) is 17.3. The first kappa shape index (κ1) is 23.4. The SMILES string of the molecule is CC.CC.CC.CCN1CC2(CC1S(C)=O)CC(C)(C)C2. The van der Waals surface area contributed by atoms with Crippen LogP contribution in [0.25, 0.3) is 0 Å². The third-order valence-electron chi connectivity index (χ3n) is 4.05. The van der Waals surface area contributed by atoms with E-state index < -0.39 is 10.8 Å². The molecule has 1 saturated heterocycles. The smallest absolute Gasteiger partial charge is 0.0863 e. The average molecular weight is 320 g/mol. The Bertz CT molecular complexity index is 281. The Morgan fingerprint density at radius 3 is 1.71 bits per heavy atom. The second-order valence-corrected chi connectivity index (χ2v) is 7.78. The van der Waals surface area contributed by atoms with Crippen molar-refractivity contribution in [3.8, 4) is 0 Å². The van der Waals surface area contributed by atoms with Gasteiger partial charge in [0.05, 0.1) is 5.37 Å². The van der Waals surface area contributed by atoms with Crippen molar-refractivity contribution in [2.75, 3.05) is 19.3 Å². The van der Waals surface area contributed by atoms with Crippen LogP contribution in [0.4, 0.5) is 0 Å². The van der Waals surface area contributed by atoms with Crippen molar-refractivity contribution in [1.82, 2.24) is 4.90 Å². The highest BCUT2D eigenvalue weighted by Crippen LogP contribution is 2.59. The Balaban J connectivity index is 0. The molecule has 1 saturated carbocycles. The van der Waals surface area contributed by atoms with Gasteiger partial charge in [0.15, 0.2) is 0 Å².